The van der Waals surface area contributed by atoms with Gasteiger partial charge < -0.3 is 14.8 Å². The molecule has 0 amide bonds. The van der Waals surface area contributed by atoms with Crippen molar-refractivity contribution in [2.75, 3.05) is 19.5 Å². The summed E-state index contributed by atoms with van der Waals surface area (Å²) in [4.78, 5) is 4.36. The quantitative estimate of drug-likeness (QED) is 0.631. The molecule has 0 fully saturated rings. The first kappa shape index (κ1) is 18.3. The van der Waals surface area contributed by atoms with Crippen LogP contribution in [0.2, 0.25) is 5.02 Å². The lowest BCUT2D eigenvalue weighted by molar-refractivity contribution is 0.0708. The molecule has 0 bridgehead atoms. The van der Waals surface area contributed by atoms with Crippen LogP contribution in [0.4, 0.5) is 14.5 Å². The van der Waals surface area contributed by atoms with Crippen molar-refractivity contribution in [2.45, 2.75) is 19.5 Å². The molecule has 0 radical (unpaired) electrons. The van der Waals surface area contributed by atoms with E-state index in [4.69, 9.17) is 21.1 Å². The summed E-state index contributed by atoms with van der Waals surface area (Å²) in [6, 6.07) is 9.54. The molecule has 0 aliphatic heterocycles. The van der Waals surface area contributed by atoms with Gasteiger partial charge in [0.05, 0.1) is 42.0 Å². The molecule has 0 unspecified atom stereocenters. The number of aromatic nitrogens is 2. The van der Waals surface area contributed by atoms with E-state index in [0.29, 0.717) is 33.2 Å². The predicted molar refractivity (Wildman–Crippen MR) is 97.6 cm³/mol. The maximum Gasteiger partial charge on any atom is 0.320 e. The number of imidazole rings is 1. The third-order valence-corrected chi connectivity index (χ3v) is 4.35. The van der Waals surface area contributed by atoms with Gasteiger partial charge in [-0.05, 0) is 25.1 Å². The van der Waals surface area contributed by atoms with Crippen LogP contribution in [0, 0.1) is 0 Å². The lowest BCUT2D eigenvalue weighted by atomic mass is 10.2. The number of alkyl halides is 2. The van der Waals surface area contributed by atoms with Crippen LogP contribution in [0.5, 0.6) is 11.5 Å². The highest BCUT2D eigenvalue weighted by molar-refractivity contribution is 6.32. The average Bonchev–Trinajstić information content (AvgIpc) is 3.02. The summed E-state index contributed by atoms with van der Waals surface area (Å²) in [6.45, 7) is -0.958. The maximum absolute atomic E-state index is 13.6. The molecule has 1 aromatic heterocycles. The minimum absolute atomic E-state index is 0.218. The zero-order valence-corrected chi connectivity index (χ0v) is 15.2. The van der Waals surface area contributed by atoms with Crippen molar-refractivity contribution in [3.05, 3.63) is 47.2 Å². The standard InChI is InChI=1S/C18H18ClF2N3O2/c1-10(22-13-8-11(19)15(25-2)9-16(13)26-3)17-23-12-6-4-5-7-14(12)24(17)18(20)21/h4-10,18,22H,1-3H3/t10-/m1/s1. The molecule has 0 saturated carbocycles. The number of halogens is 3. The summed E-state index contributed by atoms with van der Waals surface area (Å²) in [6.07, 6.45) is 0. The number of fused-ring (bicyclic) bond motifs is 1. The number of hydrogen-bond acceptors (Lipinski definition) is 4. The van der Waals surface area contributed by atoms with E-state index < -0.39 is 12.6 Å². The molecule has 1 N–H and O–H groups in total. The summed E-state index contributed by atoms with van der Waals surface area (Å²) in [5.41, 5.74) is 1.45. The Morgan fingerprint density at radius 1 is 1.12 bits per heavy atom. The number of hydrogen-bond donors (Lipinski definition) is 1. The Labute approximate surface area is 154 Å². The molecule has 1 heterocycles. The molecule has 5 nitrogen and oxygen atoms in total. The third-order valence-electron chi connectivity index (χ3n) is 4.05. The van der Waals surface area contributed by atoms with E-state index in [1.807, 2.05) is 0 Å². The summed E-state index contributed by atoms with van der Waals surface area (Å²) in [5, 5.41) is 3.52. The Kier molecular flexibility index (Phi) is 5.18. The predicted octanol–water partition coefficient (Wildman–Crippen LogP) is 5.28. The second-order valence-corrected chi connectivity index (χ2v) is 6.07. The number of methoxy groups -OCH3 is 2. The fourth-order valence-electron chi connectivity index (χ4n) is 2.84. The second kappa shape index (κ2) is 7.37. The van der Waals surface area contributed by atoms with Crippen LogP contribution in [-0.4, -0.2) is 23.8 Å². The van der Waals surface area contributed by atoms with Crippen molar-refractivity contribution in [3.63, 3.8) is 0 Å². The molecule has 0 aliphatic carbocycles. The molecule has 0 saturated heterocycles. The first-order valence-electron chi connectivity index (χ1n) is 7.89. The van der Waals surface area contributed by atoms with Gasteiger partial charge in [0, 0.05) is 6.07 Å². The molecule has 1 atom stereocenters. The fraction of sp³-hybridized carbons (Fsp3) is 0.278. The number of ether oxygens (including phenoxy) is 2. The maximum atomic E-state index is 13.6. The van der Waals surface area contributed by atoms with Gasteiger partial charge in [-0.25, -0.2) is 4.98 Å². The van der Waals surface area contributed by atoms with Crippen LogP contribution >= 0.6 is 11.6 Å². The van der Waals surface area contributed by atoms with Crippen LogP contribution < -0.4 is 14.8 Å². The zero-order valence-electron chi connectivity index (χ0n) is 14.5. The zero-order chi connectivity index (χ0) is 18.8. The number of para-hydroxylation sites is 2. The molecular weight excluding hydrogens is 364 g/mol. The van der Waals surface area contributed by atoms with Gasteiger partial charge in [-0.15, -0.1) is 0 Å². The molecule has 3 aromatic rings. The molecule has 26 heavy (non-hydrogen) atoms. The number of rotatable bonds is 6. The molecule has 0 spiro atoms. The monoisotopic (exact) mass is 381 g/mol. The van der Waals surface area contributed by atoms with Gasteiger partial charge in [0.15, 0.2) is 0 Å². The Balaban J connectivity index is 2.01. The van der Waals surface area contributed by atoms with Crippen molar-refractivity contribution in [3.8, 4) is 11.5 Å². The lowest BCUT2D eigenvalue weighted by Gasteiger charge is -2.19. The molecule has 2 aromatic carbocycles. The Morgan fingerprint density at radius 3 is 2.46 bits per heavy atom. The summed E-state index contributed by atoms with van der Waals surface area (Å²) < 4.78 is 38.7. The SMILES string of the molecule is COc1cc(OC)c(N[C@H](C)c2nc3ccccc3n2C(F)F)cc1Cl. The van der Waals surface area contributed by atoms with Crippen LogP contribution in [-0.2, 0) is 0 Å². The van der Waals surface area contributed by atoms with E-state index in [-0.39, 0.29) is 5.82 Å². The first-order chi connectivity index (χ1) is 12.5. The van der Waals surface area contributed by atoms with Gasteiger partial charge in [-0.2, -0.15) is 8.78 Å². The van der Waals surface area contributed by atoms with Gasteiger partial charge in [0.1, 0.15) is 17.3 Å². The van der Waals surface area contributed by atoms with Crippen molar-refractivity contribution in [1.82, 2.24) is 9.55 Å². The highest BCUT2D eigenvalue weighted by Crippen LogP contribution is 2.38. The van der Waals surface area contributed by atoms with Crippen LogP contribution in [0.25, 0.3) is 11.0 Å². The van der Waals surface area contributed by atoms with Crippen molar-refractivity contribution in [2.24, 2.45) is 0 Å². The number of nitrogens with one attached hydrogen (secondary N) is 1. The van der Waals surface area contributed by atoms with E-state index in [0.717, 1.165) is 4.57 Å². The van der Waals surface area contributed by atoms with E-state index in [1.54, 1.807) is 43.3 Å². The fourth-order valence-corrected chi connectivity index (χ4v) is 3.09. The molecule has 0 aliphatic rings. The summed E-state index contributed by atoms with van der Waals surface area (Å²) >= 11 is 6.17. The summed E-state index contributed by atoms with van der Waals surface area (Å²) in [5.74, 6) is 1.16. The number of nitrogens with zero attached hydrogens (tertiary/aromatic N) is 2. The van der Waals surface area contributed by atoms with Crippen molar-refractivity contribution in [1.29, 1.82) is 0 Å². The molecule has 3 rings (SSSR count). The van der Waals surface area contributed by atoms with E-state index >= 15 is 0 Å². The van der Waals surface area contributed by atoms with Crippen molar-refractivity contribution < 1.29 is 18.3 Å². The second-order valence-electron chi connectivity index (χ2n) is 5.66. The van der Waals surface area contributed by atoms with Gasteiger partial charge in [-0.1, -0.05) is 23.7 Å². The Bertz CT molecular complexity index is 930. The van der Waals surface area contributed by atoms with E-state index in [1.165, 1.54) is 14.2 Å². The van der Waals surface area contributed by atoms with E-state index in [2.05, 4.69) is 10.3 Å². The van der Waals surface area contributed by atoms with E-state index in [9.17, 15) is 8.78 Å². The normalized spacial score (nSPS) is 12.4. The Morgan fingerprint density at radius 2 is 1.81 bits per heavy atom. The Hall–Kier alpha value is -2.54. The minimum atomic E-state index is -2.71. The van der Waals surface area contributed by atoms with Gasteiger partial charge >= 0.3 is 6.55 Å². The van der Waals surface area contributed by atoms with Crippen LogP contribution in [0.3, 0.4) is 0 Å². The topological polar surface area (TPSA) is 48.3 Å². The van der Waals surface area contributed by atoms with Gasteiger partial charge in [0.25, 0.3) is 0 Å². The van der Waals surface area contributed by atoms with Gasteiger partial charge in [0.2, 0.25) is 0 Å². The highest BCUT2D eigenvalue weighted by Gasteiger charge is 2.23. The molecular formula is C18H18ClF2N3O2. The van der Waals surface area contributed by atoms with Crippen molar-refractivity contribution >= 4 is 28.3 Å². The average molecular weight is 382 g/mol. The molecule has 138 valence electrons. The number of anilines is 1. The highest BCUT2D eigenvalue weighted by atomic mass is 35.5. The lowest BCUT2D eigenvalue weighted by Crippen LogP contribution is -2.15. The number of benzene rings is 2. The summed E-state index contributed by atoms with van der Waals surface area (Å²) in [7, 11) is 3.01. The third kappa shape index (κ3) is 3.26. The first-order valence-corrected chi connectivity index (χ1v) is 8.27. The van der Waals surface area contributed by atoms with Crippen LogP contribution in [0.1, 0.15) is 25.3 Å². The molecule has 8 heteroatoms. The smallest absolute Gasteiger partial charge is 0.320 e. The minimum Gasteiger partial charge on any atom is -0.495 e. The largest absolute Gasteiger partial charge is 0.495 e. The van der Waals surface area contributed by atoms with Gasteiger partial charge in [-0.3, -0.25) is 4.57 Å². The van der Waals surface area contributed by atoms with Crippen LogP contribution in [0.15, 0.2) is 36.4 Å².